The minimum atomic E-state index is -1.01. The molecular weight excluding hydrogens is 232 g/mol. The first-order valence-corrected chi connectivity index (χ1v) is 4.78. The van der Waals surface area contributed by atoms with Crippen LogP contribution < -0.4 is 16.4 Å². The highest BCUT2D eigenvalue weighted by molar-refractivity contribution is 6.39. The standard InChI is InChI=1S/C10H11F2N3O2/c11-6-3-7(12)5-8(4-6)15-10(17)9(16)14-2-1-13/h3-5H,1-2,13H2,(H,14,16)(H,15,17). The highest BCUT2D eigenvalue weighted by atomic mass is 19.1. The third-order valence-electron chi connectivity index (χ3n) is 1.76. The third-order valence-corrected chi connectivity index (χ3v) is 1.76. The highest BCUT2D eigenvalue weighted by Gasteiger charge is 2.13. The van der Waals surface area contributed by atoms with Crippen molar-refractivity contribution in [1.82, 2.24) is 5.32 Å². The molecule has 1 aromatic rings. The maximum Gasteiger partial charge on any atom is 0.313 e. The number of hydrogen-bond donors (Lipinski definition) is 3. The number of carbonyl (C=O) groups is 2. The molecule has 7 heteroatoms. The van der Waals surface area contributed by atoms with Gasteiger partial charge in [-0.1, -0.05) is 0 Å². The second-order valence-electron chi connectivity index (χ2n) is 3.16. The van der Waals surface area contributed by atoms with E-state index in [1.165, 1.54) is 0 Å². The van der Waals surface area contributed by atoms with Gasteiger partial charge in [-0.05, 0) is 12.1 Å². The molecule has 1 rings (SSSR count). The number of carbonyl (C=O) groups excluding carboxylic acids is 2. The van der Waals surface area contributed by atoms with Crippen LogP contribution in [0.4, 0.5) is 14.5 Å². The molecule has 0 radical (unpaired) electrons. The number of rotatable bonds is 3. The van der Waals surface area contributed by atoms with Gasteiger partial charge in [0.05, 0.1) is 0 Å². The van der Waals surface area contributed by atoms with Crippen molar-refractivity contribution in [3.8, 4) is 0 Å². The molecule has 17 heavy (non-hydrogen) atoms. The smallest absolute Gasteiger partial charge is 0.313 e. The Morgan fingerprint density at radius 1 is 1.12 bits per heavy atom. The Morgan fingerprint density at radius 2 is 1.71 bits per heavy atom. The van der Waals surface area contributed by atoms with Gasteiger partial charge in [0.1, 0.15) is 11.6 Å². The SMILES string of the molecule is NCCNC(=O)C(=O)Nc1cc(F)cc(F)c1. The van der Waals surface area contributed by atoms with E-state index in [0.717, 1.165) is 12.1 Å². The minimum absolute atomic E-state index is 0.129. The Kier molecular flexibility index (Phi) is 4.53. The Morgan fingerprint density at radius 3 is 2.24 bits per heavy atom. The molecule has 0 aliphatic heterocycles. The van der Waals surface area contributed by atoms with E-state index >= 15 is 0 Å². The third kappa shape index (κ3) is 4.15. The predicted molar refractivity (Wildman–Crippen MR) is 57.1 cm³/mol. The summed E-state index contributed by atoms with van der Waals surface area (Å²) < 4.78 is 25.5. The van der Waals surface area contributed by atoms with Crippen LogP contribution >= 0.6 is 0 Å². The monoisotopic (exact) mass is 243 g/mol. The van der Waals surface area contributed by atoms with Gasteiger partial charge in [0.15, 0.2) is 0 Å². The summed E-state index contributed by atoms with van der Waals surface area (Å²) in [5.41, 5.74) is 4.99. The summed E-state index contributed by atoms with van der Waals surface area (Å²) in [4.78, 5) is 22.3. The van der Waals surface area contributed by atoms with Gasteiger partial charge in [0.2, 0.25) is 0 Å². The lowest BCUT2D eigenvalue weighted by atomic mass is 10.3. The topological polar surface area (TPSA) is 84.2 Å². The summed E-state index contributed by atoms with van der Waals surface area (Å²) in [5, 5.41) is 4.28. The van der Waals surface area contributed by atoms with Gasteiger partial charge in [-0.25, -0.2) is 8.78 Å². The van der Waals surface area contributed by atoms with Gasteiger partial charge in [0.25, 0.3) is 0 Å². The number of amides is 2. The Labute approximate surface area is 96.0 Å². The van der Waals surface area contributed by atoms with Crippen molar-refractivity contribution in [2.45, 2.75) is 0 Å². The zero-order chi connectivity index (χ0) is 12.8. The van der Waals surface area contributed by atoms with Crippen LogP contribution in [-0.2, 0) is 9.59 Å². The molecule has 5 nitrogen and oxygen atoms in total. The molecule has 0 atom stereocenters. The number of anilines is 1. The first-order valence-electron chi connectivity index (χ1n) is 4.78. The van der Waals surface area contributed by atoms with Crippen LogP contribution in [0, 0.1) is 11.6 Å². The van der Waals surface area contributed by atoms with Crippen molar-refractivity contribution in [3.05, 3.63) is 29.8 Å². The van der Waals surface area contributed by atoms with Crippen molar-refractivity contribution >= 4 is 17.5 Å². The summed E-state index contributed by atoms with van der Waals surface area (Å²) in [6.07, 6.45) is 0. The quantitative estimate of drug-likeness (QED) is 0.652. The summed E-state index contributed by atoms with van der Waals surface area (Å²) in [7, 11) is 0. The number of halogens is 2. The van der Waals surface area contributed by atoms with E-state index in [1.807, 2.05) is 0 Å². The Balaban J connectivity index is 2.64. The lowest BCUT2D eigenvalue weighted by molar-refractivity contribution is -0.136. The van der Waals surface area contributed by atoms with Crippen molar-refractivity contribution in [2.75, 3.05) is 18.4 Å². The summed E-state index contributed by atoms with van der Waals surface area (Å²) in [6, 6.07) is 2.46. The molecule has 0 aliphatic rings. The predicted octanol–water partition coefficient (Wildman–Crippen LogP) is -0.0218. The van der Waals surface area contributed by atoms with E-state index in [4.69, 9.17) is 5.73 Å². The van der Waals surface area contributed by atoms with Crippen molar-refractivity contribution < 1.29 is 18.4 Å². The second-order valence-corrected chi connectivity index (χ2v) is 3.16. The normalized spacial score (nSPS) is 9.82. The van der Waals surface area contributed by atoms with Gasteiger partial charge >= 0.3 is 11.8 Å². The molecule has 4 N–H and O–H groups in total. The molecule has 1 aromatic carbocycles. The van der Waals surface area contributed by atoms with E-state index in [9.17, 15) is 18.4 Å². The molecule has 0 aliphatic carbocycles. The van der Waals surface area contributed by atoms with Gasteiger partial charge in [-0.15, -0.1) is 0 Å². The lowest BCUT2D eigenvalue weighted by Crippen LogP contribution is -2.38. The number of hydrogen-bond acceptors (Lipinski definition) is 3. The van der Waals surface area contributed by atoms with Crippen molar-refractivity contribution in [1.29, 1.82) is 0 Å². The van der Waals surface area contributed by atoms with E-state index in [0.29, 0.717) is 6.07 Å². The zero-order valence-electron chi connectivity index (χ0n) is 8.80. The van der Waals surface area contributed by atoms with Crippen LogP contribution in [0.2, 0.25) is 0 Å². The zero-order valence-corrected chi connectivity index (χ0v) is 8.80. The van der Waals surface area contributed by atoms with Crippen LogP contribution in [0.5, 0.6) is 0 Å². The molecule has 0 fully saturated rings. The molecule has 0 saturated carbocycles. The van der Waals surface area contributed by atoms with E-state index in [-0.39, 0.29) is 18.8 Å². The fraction of sp³-hybridized carbons (Fsp3) is 0.200. The van der Waals surface area contributed by atoms with E-state index < -0.39 is 23.4 Å². The van der Waals surface area contributed by atoms with E-state index in [2.05, 4.69) is 10.6 Å². The minimum Gasteiger partial charge on any atom is -0.347 e. The molecular formula is C10H11F2N3O2. The van der Waals surface area contributed by atoms with Crippen LogP contribution in [0.25, 0.3) is 0 Å². The molecule has 92 valence electrons. The van der Waals surface area contributed by atoms with E-state index in [1.54, 1.807) is 0 Å². The van der Waals surface area contributed by atoms with Crippen LogP contribution in [0.15, 0.2) is 18.2 Å². The molecule has 0 aromatic heterocycles. The highest BCUT2D eigenvalue weighted by Crippen LogP contribution is 2.12. The molecule has 2 amide bonds. The Hall–Kier alpha value is -2.02. The average molecular weight is 243 g/mol. The van der Waals surface area contributed by atoms with Gasteiger partial charge < -0.3 is 16.4 Å². The van der Waals surface area contributed by atoms with Crippen LogP contribution in [0.3, 0.4) is 0 Å². The first-order chi connectivity index (χ1) is 8.02. The first kappa shape index (κ1) is 13.0. The number of benzene rings is 1. The van der Waals surface area contributed by atoms with Crippen LogP contribution in [-0.4, -0.2) is 24.9 Å². The lowest BCUT2D eigenvalue weighted by Gasteiger charge is -2.05. The maximum absolute atomic E-state index is 12.8. The second kappa shape index (κ2) is 5.90. The van der Waals surface area contributed by atoms with Gasteiger partial charge in [-0.3, -0.25) is 9.59 Å². The summed E-state index contributed by atoms with van der Waals surface area (Å²) in [5.74, 6) is -3.62. The molecule has 0 bridgehead atoms. The number of nitrogens with one attached hydrogen (secondary N) is 2. The van der Waals surface area contributed by atoms with Crippen molar-refractivity contribution in [3.63, 3.8) is 0 Å². The van der Waals surface area contributed by atoms with Gasteiger partial charge in [0, 0.05) is 24.8 Å². The molecule has 0 heterocycles. The van der Waals surface area contributed by atoms with Crippen molar-refractivity contribution in [2.24, 2.45) is 5.73 Å². The number of nitrogens with two attached hydrogens (primary N) is 1. The van der Waals surface area contributed by atoms with Gasteiger partial charge in [-0.2, -0.15) is 0 Å². The fourth-order valence-electron chi connectivity index (χ4n) is 1.08. The molecule has 0 spiro atoms. The Bertz CT molecular complexity index is 417. The molecule has 0 unspecified atom stereocenters. The largest absolute Gasteiger partial charge is 0.347 e. The van der Waals surface area contributed by atoms with Crippen LogP contribution in [0.1, 0.15) is 0 Å². The maximum atomic E-state index is 12.8. The fourth-order valence-corrected chi connectivity index (χ4v) is 1.08. The summed E-state index contributed by atoms with van der Waals surface area (Å²) >= 11 is 0. The molecule has 0 saturated heterocycles. The summed E-state index contributed by atoms with van der Waals surface area (Å²) in [6.45, 7) is 0.331. The average Bonchev–Trinajstić information content (AvgIpc) is 2.24.